The van der Waals surface area contributed by atoms with Crippen LogP contribution >= 0.6 is 0 Å². The molecule has 1 aromatic rings. The first-order chi connectivity index (χ1) is 14.3. The van der Waals surface area contributed by atoms with Gasteiger partial charge in [-0.15, -0.1) is 0 Å². The number of hydrogen-bond acceptors (Lipinski definition) is 6. The second kappa shape index (κ2) is 8.91. The summed E-state index contributed by atoms with van der Waals surface area (Å²) in [6, 6.07) is 0. The summed E-state index contributed by atoms with van der Waals surface area (Å²) >= 11 is 0. The molecule has 2 rings (SSSR count). The van der Waals surface area contributed by atoms with Crippen LogP contribution in [-0.2, 0) is 13.6 Å². The number of aromatic nitrogens is 2. The van der Waals surface area contributed by atoms with E-state index in [1.54, 1.807) is 0 Å². The molecule has 0 aromatic carbocycles. The molecule has 4 atom stereocenters. The standard InChI is InChI=1S/C21H39FN2O6Si2/c1-20(2,3)31(7,8)29-15-14(12-25)28-18(16(15)30-32(9,10)21(4,5)6)24-11-13(22)17(26)23-19(24)27/h11,14-16,18,25H,12H2,1-10H3,(H,23,26,27)/t14-,15-,16-,18-/m1/s1. The molecule has 0 amide bonds. The topological polar surface area (TPSA) is 103 Å². The molecular weight excluding hydrogens is 451 g/mol. The van der Waals surface area contributed by atoms with E-state index in [9.17, 15) is 19.1 Å². The Morgan fingerprint density at radius 2 is 1.50 bits per heavy atom. The Balaban J connectivity index is 2.62. The van der Waals surface area contributed by atoms with Crippen LogP contribution in [0.25, 0.3) is 0 Å². The van der Waals surface area contributed by atoms with E-state index < -0.39 is 58.2 Å². The van der Waals surface area contributed by atoms with E-state index in [4.69, 9.17) is 13.6 Å². The fourth-order valence-corrected chi connectivity index (χ4v) is 5.63. The number of H-pyrrole nitrogens is 1. The monoisotopic (exact) mass is 490 g/mol. The zero-order valence-corrected chi connectivity index (χ0v) is 22.9. The first-order valence-electron chi connectivity index (χ1n) is 11.0. The molecule has 1 saturated heterocycles. The quantitative estimate of drug-likeness (QED) is 0.593. The lowest BCUT2D eigenvalue weighted by Gasteiger charge is -2.44. The number of aliphatic hydroxyl groups is 1. The van der Waals surface area contributed by atoms with Crippen LogP contribution in [0.3, 0.4) is 0 Å². The van der Waals surface area contributed by atoms with Crippen molar-refractivity contribution in [3.05, 3.63) is 32.9 Å². The van der Waals surface area contributed by atoms with E-state index in [1.165, 1.54) is 0 Å². The van der Waals surface area contributed by atoms with E-state index in [1.807, 2.05) is 4.98 Å². The van der Waals surface area contributed by atoms with Gasteiger partial charge in [0, 0.05) is 0 Å². The molecule has 1 fully saturated rings. The summed E-state index contributed by atoms with van der Waals surface area (Å²) in [6.07, 6.45) is -2.44. The van der Waals surface area contributed by atoms with Gasteiger partial charge >= 0.3 is 5.69 Å². The van der Waals surface area contributed by atoms with Crippen molar-refractivity contribution in [2.75, 3.05) is 6.61 Å². The Hall–Kier alpha value is -1.12. The Morgan fingerprint density at radius 1 is 1.03 bits per heavy atom. The van der Waals surface area contributed by atoms with Gasteiger partial charge in [-0.25, -0.2) is 4.79 Å². The summed E-state index contributed by atoms with van der Waals surface area (Å²) in [5.74, 6) is -1.10. The minimum absolute atomic E-state index is 0.118. The Kier molecular flexibility index (Phi) is 7.56. The van der Waals surface area contributed by atoms with Crippen LogP contribution in [0.4, 0.5) is 4.39 Å². The third-order valence-corrected chi connectivity index (χ3v) is 16.1. The van der Waals surface area contributed by atoms with Crippen molar-refractivity contribution in [3.63, 3.8) is 0 Å². The molecule has 2 N–H and O–H groups in total. The van der Waals surface area contributed by atoms with Gasteiger partial charge in [0.25, 0.3) is 5.56 Å². The van der Waals surface area contributed by atoms with Crippen LogP contribution < -0.4 is 11.2 Å². The van der Waals surface area contributed by atoms with Crippen LogP contribution in [0.5, 0.6) is 0 Å². The number of halogens is 1. The number of rotatable bonds is 6. The van der Waals surface area contributed by atoms with Gasteiger partial charge in [-0.1, -0.05) is 41.5 Å². The van der Waals surface area contributed by atoms with E-state index >= 15 is 0 Å². The zero-order valence-electron chi connectivity index (χ0n) is 20.9. The second-order valence-corrected chi connectivity index (χ2v) is 21.1. The molecule has 0 radical (unpaired) electrons. The number of aromatic amines is 1. The first-order valence-corrected chi connectivity index (χ1v) is 16.8. The van der Waals surface area contributed by atoms with Crippen LogP contribution in [0.1, 0.15) is 47.8 Å². The molecule has 0 saturated carbocycles. The van der Waals surface area contributed by atoms with Crippen molar-refractivity contribution in [1.29, 1.82) is 0 Å². The fraction of sp³-hybridized carbons (Fsp3) is 0.810. The molecule has 184 valence electrons. The number of ether oxygens (including phenoxy) is 1. The van der Waals surface area contributed by atoms with Gasteiger partial charge in [0.1, 0.15) is 18.3 Å². The van der Waals surface area contributed by atoms with Crippen molar-refractivity contribution in [2.24, 2.45) is 0 Å². The minimum Gasteiger partial charge on any atom is -0.408 e. The lowest BCUT2D eigenvalue weighted by Crippen LogP contribution is -2.54. The molecule has 1 aromatic heterocycles. The van der Waals surface area contributed by atoms with Gasteiger partial charge in [0.15, 0.2) is 22.9 Å². The molecule has 11 heteroatoms. The van der Waals surface area contributed by atoms with Crippen molar-refractivity contribution in [3.8, 4) is 0 Å². The number of hydrogen-bond donors (Lipinski definition) is 2. The van der Waals surface area contributed by atoms with E-state index in [0.29, 0.717) is 0 Å². The predicted octanol–water partition coefficient (Wildman–Crippen LogP) is 3.35. The molecule has 0 unspecified atom stereocenters. The van der Waals surface area contributed by atoms with Gasteiger partial charge in [-0.05, 0) is 36.3 Å². The highest BCUT2D eigenvalue weighted by Crippen LogP contribution is 2.45. The van der Waals surface area contributed by atoms with Crippen LogP contribution in [-0.4, -0.2) is 56.2 Å². The molecule has 2 heterocycles. The summed E-state index contributed by atoms with van der Waals surface area (Å²) in [5, 5.41) is 9.82. The van der Waals surface area contributed by atoms with Crippen LogP contribution in [0.15, 0.2) is 15.8 Å². The fourth-order valence-electron chi connectivity index (χ4n) is 3.03. The maximum atomic E-state index is 14.1. The van der Waals surface area contributed by atoms with Gasteiger partial charge in [0.05, 0.1) is 12.8 Å². The molecule has 1 aliphatic rings. The molecule has 1 aliphatic heterocycles. The van der Waals surface area contributed by atoms with Crippen LogP contribution in [0.2, 0.25) is 36.3 Å². The van der Waals surface area contributed by atoms with E-state index in [0.717, 1.165) is 10.8 Å². The molecule has 0 spiro atoms. The highest BCUT2D eigenvalue weighted by molar-refractivity contribution is 6.74. The highest BCUT2D eigenvalue weighted by atomic mass is 28.4. The van der Waals surface area contributed by atoms with Crippen LogP contribution in [0, 0.1) is 5.82 Å². The van der Waals surface area contributed by atoms with Gasteiger partial charge in [-0.3, -0.25) is 14.3 Å². The third kappa shape index (κ3) is 5.33. The second-order valence-electron chi connectivity index (χ2n) is 11.6. The van der Waals surface area contributed by atoms with Crippen molar-refractivity contribution in [1.82, 2.24) is 9.55 Å². The molecular formula is C21H39FN2O6Si2. The third-order valence-electron chi connectivity index (χ3n) is 7.14. The largest absolute Gasteiger partial charge is 0.408 e. The Bertz CT molecular complexity index is 932. The lowest BCUT2D eigenvalue weighted by molar-refractivity contribution is -0.0533. The normalized spacial score (nSPS) is 25.4. The maximum Gasteiger partial charge on any atom is 0.330 e. The highest BCUT2D eigenvalue weighted by Gasteiger charge is 2.54. The average molecular weight is 491 g/mol. The Labute approximate surface area is 191 Å². The summed E-state index contributed by atoms with van der Waals surface area (Å²) in [7, 11) is -4.73. The van der Waals surface area contributed by atoms with Gasteiger partial charge in [0.2, 0.25) is 5.82 Å². The number of nitrogens with zero attached hydrogens (tertiary/aromatic N) is 1. The summed E-state index contributed by atoms with van der Waals surface area (Å²) in [4.78, 5) is 26.1. The molecule has 32 heavy (non-hydrogen) atoms. The predicted molar refractivity (Wildman–Crippen MR) is 126 cm³/mol. The summed E-state index contributed by atoms with van der Waals surface area (Å²) < 4.78 is 34.5. The smallest absolute Gasteiger partial charge is 0.330 e. The van der Waals surface area contributed by atoms with Crippen molar-refractivity contribution < 1.29 is 23.1 Å². The van der Waals surface area contributed by atoms with Gasteiger partial charge < -0.3 is 18.7 Å². The Morgan fingerprint density at radius 3 is 1.94 bits per heavy atom. The average Bonchev–Trinajstić information content (AvgIpc) is 2.92. The zero-order chi connectivity index (χ0) is 24.9. The van der Waals surface area contributed by atoms with Gasteiger partial charge in [-0.2, -0.15) is 4.39 Å². The number of aliphatic hydroxyl groups excluding tert-OH is 1. The molecule has 0 aliphatic carbocycles. The number of nitrogens with one attached hydrogen (secondary N) is 1. The maximum absolute atomic E-state index is 14.1. The van der Waals surface area contributed by atoms with E-state index in [-0.39, 0.29) is 16.7 Å². The first kappa shape index (κ1) is 27.1. The summed E-state index contributed by atoms with van der Waals surface area (Å²) in [6.45, 7) is 20.5. The van der Waals surface area contributed by atoms with E-state index in [2.05, 4.69) is 67.7 Å². The SMILES string of the molecule is CC(C)(C)[Si](C)(C)O[C@@H]1[C@H](O[Si](C)(C)C(C)(C)C)[C@@H](CO)O[C@H]1n1cc(F)c(=O)[nH]c1=O. The van der Waals surface area contributed by atoms with Crippen molar-refractivity contribution >= 4 is 16.6 Å². The molecule has 0 bridgehead atoms. The lowest BCUT2D eigenvalue weighted by atomic mass is 10.1. The minimum atomic E-state index is -2.40. The summed E-state index contributed by atoms with van der Waals surface area (Å²) in [5.41, 5.74) is -1.91. The van der Waals surface area contributed by atoms with Crippen molar-refractivity contribution in [2.45, 2.75) is 102 Å². The molecule has 8 nitrogen and oxygen atoms in total.